The van der Waals surface area contributed by atoms with Crippen LogP contribution in [0.2, 0.25) is 0 Å². The molecule has 0 aliphatic carbocycles. The van der Waals surface area contributed by atoms with E-state index in [1.165, 1.54) is 11.8 Å². The molecule has 5 heteroatoms. The summed E-state index contributed by atoms with van der Waals surface area (Å²) in [6, 6.07) is 9.78. The molecule has 0 saturated heterocycles. The van der Waals surface area contributed by atoms with Crippen LogP contribution >= 0.6 is 11.8 Å². The maximum absolute atomic E-state index is 11.7. The monoisotopic (exact) mass is 301 g/mol. The van der Waals surface area contributed by atoms with E-state index < -0.39 is 0 Å². The van der Waals surface area contributed by atoms with Crippen molar-refractivity contribution in [3.05, 3.63) is 59.5 Å². The van der Waals surface area contributed by atoms with Crippen LogP contribution in [-0.2, 0) is 17.8 Å². The number of hydrogen-bond donors (Lipinski definition) is 0. The Labute approximate surface area is 129 Å². The van der Waals surface area contributed by atoms with Gasteiger partial charge in [-0.1, -0.05) is 19.1 Å². The van der Waals surface area contributed by atoms with Gasteiger partial charge in [0.05, 0.1) is 12.3 Å². The number of thioether (sulfide) groups is 1. The van der Waals surface area contributed by atoms with E-state index in [-0.39, 0.29) is 5.91 Å². The number of amides is 1. The van der Waals surface area contributed by atoms with Gasteiger partial charge in [0, 0.05) is 18.1 Å². The van der Waals surface area contributed by atoms with E-state index in [1.807, 2.05) is 47.5 Å². The van der Waals surface area contributed by atoms with Crippen LogP contribution in [-0.4, -0.2) is 27.5 Å². The Morgan fingerprint density at radius 3 is 2.86 bits per heavy atom. The van der Waals surface area contributed by atoms with E-state index in [4.69, 9.17) is 0 Å². The smallest absolute Gasteiger partial charge is 0.257 e. The van der Waals surface area contributed by atoms with Gasteiger partial charge in [0.1, 0.15) is 5.49 Å². The van der Waals surface area contributed by atoms with Crippen molar-refractivity contribution in [3.8, 4) is 0 Å². The highest BCUT2D eigenvalue weighted by Gasteiger charge is 2.00. The molecule has 0 unspecified atom stereocenters. The number of nitrogens with zero attached hydrogens (tertiary/aromatic N) is 3. The molecule has 2 aromatic rings. The van der Waals surface area contributed by atoms with Gasteiger partial charge in [0.15, 0.2) is 0 Å². The summed E-state index contributed by atoms with van der Waals surface area (Å²) >= 11 is 1.48. The van der Waals surface area contributed by atoms with Crippen LogP contribution < -0.4 is 5.49 Å². The minimum absolute atomic E-state index is 0.109. The number of rotatable bonds is 5. The van der Waals surface area contributed by atoms with E-state index in [1.54, 1.807) is 0 Å². The highest BCUT2D eigenvalue weighted by atomic mass is 32.2. The minimum Gasteiger partial charge on any atom is -0.328 e. The van der Waals surface area contributed by atoms with Crippen molar-refractivity contribution < 1.29 is 4.79 Å². The van der Waals surface area contributed by atoms with Crippen molar-refractivity contribution in [1.29, 1.82) is 0 Å². The highest BCUT2D eigenvalue weighted by molar-refractivity contribution is 7.99. The second kappa shape index (κ2) is 7.78. The van der Waals surface area contributed by atoms with Crippen LogP contribution in [0.5, 0.6) is 0 Å². The molecule has 0 aliphatic rings. The van der Waals surface area contributed by atoms with Gasteiger partial charge in [0.2, 0.25) is 0 Å². The molecule has 0 saturated carbocycles. The maximum Gasteiger partial charge on any atom is 0.257 e. The molecule has 0 spiro atoms. The lowest BCUT2D eigenvalue weighted by Crippen LogP contribution is -2.22. The van der Waals surface area contributed by atoms with Gasteiger partial charge in [-0.25, -0.2) is 0 Å². The fourth-order valence-corrected chi connectivity index (χ4v) is 2.25. The Hall–Kier alpha value is -1.88. The van der Waals surface area contributed by atoms with Gasteiger partial charge < -0.3 is 4.57 Å². The van der Waals surface area contributed by atoms with E-state index >= 15 is 0 Å². The Kier molecular flexibility index (Phi) is 5.75. The molecule has 2 rings (SSSR count). The average molecular weight is 301 g/mol. The van der Waals surface area contributed by atoms with Crippen molar-refractivity contribution in [3.63, 3.8) is 0 Å². The quantitative estimate of drug-likeness (QED) is 0.851. The zero-order chi connectivity index (χ0) is 15.1. The summed E-state index contributed by atoms with van der Waals surface area (Å²) in [7, 11) is 0. The Balaban J connectivity index is 2.25. The van der Waals surface area contributed by atoms with Crippen molar-refractivity contribution in [2.75, 3.05) is 12.0 Å². The third kappa shape index (κ3) is 4.56. The van der Waals surface area contributed by atoms with Crippen LogP contribution in [0.25, 0.3) is 0 Å². The molecule has 0 N–H and O–H groups in total. The molecule has 0 atom stereocenters. The number of hydrogen-bond acceptors (Lipinski definition) is 3. The summed E-state index contributed by atoms with van der Waals surface area (Å²) in [5.74, 6) is 0.295. The third-order valence-corrected chi connectivity index (χ3v) is 3.56. The summed E-state index contributed by atoms with van der Waals surface area (Å²) in [5, 5.41) is 0. The summed E-state index contributed by atoms with van der Waals surface area (Å²) in [6.07, 6.45) is 6.64. The van der Waals surface area contributed by atoms with Gasteiger partial charge in [-0.15, -0.1) is 0 Å². The largest absolute Gasteiger partial charge is 0.328 e. The second-order valence-corrected chi connectivity index (χ2v) is 5.50. The summed E-state index contributed by atoms with van der Waals surface area (Å²) in [5.41, 5.74) is 2.85. The second-order valence-electron chi connectivity index (χ2n) is 4.64. The van der Waals surface area contributed by atoms with Crippen LogP contribution in [0.1, 0.15) is 18.2 Å². The van der Waals surface area contributed by atoms with Crippen LogP contribution in [0.4, 0.5) is 0 Å². The number of aromatic nitrogens is 2. The van der Waals surface area contributed by atoms with Crippen molar-refractivity contribution >= 4 is 17.7 Å². The molecule has 0 fully saturated rings. The molecule has 2 heterocycles. The number of carbonyl (C=O) groups is 1. The number of pyridine rings is 2. The standard InChI is InChI=1S/C16H19N3OS/c1-3-14-8-7-13(10-17-14)11-19-9-5-4-6-15(19)18-16(20)12-21-2/h4-10H,3,11-12H2,1-2H3/b18-15+. The zero-order valence-corrected chi connectivity index (χ0v) is 13.1. The van der Waals surface area contributed by atoms with E-state index in [0.717, 1.165) is 17.7 Å². The average Bonchev–Trinajstić information content (AvgIpc) is 2.50. The van der Waals surface area contributed by atoms with Gasteiger partial charge >= 0.3 is 0 Å². The normalized spacial score (nSPS) is 11.6. The predicted molar refractivity (Wildman–Crippen MR) is 86.1 cm³/mol. The van der Waals surface area contributed by atoms with Crippen LogP contribution in [0.3, 0.4) is 0 Å². The highest BCUT2D eigenvalue weighted by Crippen LogP contribution is 2.02. The molecule has 0 bridgehead atoms. The molecular formula is C16H19N3OS. The predicted octanol–water partition coefficient (Wildman–Crippen LogP) is 2.28. The molecule has 2 aromatic heterocycles. The molecule has 110 valence electrons. The first kappa shape index (κ1) is 15.5. The topological polar surface area (TPSA) is 47.2 Å². The zero-order valence-electron chi connectivity index (χ0n) is 12.3. The molecule has 0 aliphatic heterocycles. The van der Waals surface area contributed by atoms with Crippen molar-refractivity contribution in [1.82, 2.24) is 9.55 Å². The van der Waals surface area contributed by atoms with Gasteiger partial charge in [-0.05, 0) is 36.4 Å². The molecule has 0 radical (unpaired) electrons. The fraction of sp³-hybridized carbons (Fsp3) is 0.312. The molecule has 0 aromatic carbocycles. The summed E-state index contributed by atoms with van der Waals surface area (Å²) in [4.78, 5) is 20.2. The maximum atomic E-state index is 11.7. The van der Waals surface area contributed by atoms with Crippen LogP contribution in [0, 0.1) is 0 Å². The van der Waals surface area contributed by atoms with Crippen LogP contribution in [0.15, 0.2) is 47.7 Å². The van der Waals surface area contributed by atoms with Gasteiger partial charge in [-0.3, -0.25) is 9.78 Å². The third-order valence-electron chi connectivity index (χ3n) is 3.02. The lowest BCUT2D eigenvalue weighted by Gasteiger charge is -2.07. The fourth-order valence-electron chi connectivity index (χ4n) is 1.94. The van der Waals surface area contributed by atoms with E-state index in [9.17, 15) is 4.79 Å². The lowest BCUT2D eigenvalue weighted by molar-refractivity contribution is -0.115. The Bertz CT molecular complexity index is 662. The SMILES string of the molecule is CCc1ccc(Cn2cccc/c2=N\C(=O)CSC)cn1. The van der Waals surface area contributed by atoms with Crippen molar-refractivity contribution in [2.45, 2.75) is 19.9 Å². The molecule has 21 heavy (non-hydrogen) atoms. The van der Waals surface area contributed by atoms with Crippen molar-refractivity contribution in [2.24, 2.45) is 4.99 Å². The van der Waals surface area contributed by atoms with E-state index in [2.05, 4.69) is 23.0 Å². The summed E-state index contributed by atoms with van der Waals surface area (Å²) in [6.45, 7) is 2.74. The first-order valence-corrected chi connectivity index (χ1v) is 8.28. The first-order valence-electron chi connectivity index (χ1n) is 6.88. The first-order chi connectivity index (χ1) is 10.2. The number of aryl methyl sites for hydroxylation is 1. The van der Waals surface area contributed by atoms with Gasteiger partial charge in [0.25, 0.3) is 5.91 Å². The minimum atomic E-state index is -0.109. The molecular weight excluding hydrogens is 282 g/mol. The Morgan fingerprint density at radius 2 is 2.19 bits per heavy atom. The van der Waals surface area contributed by atoms with E-state index in [0.29, 0.717) is 17.8 Å². The summed E-state index contributed by atoms with van der Waals surface area (Å²) < 4.78 is 1.96. The lowest BCUT2D eigenvalue weighted by atomic mass is 10.2. The Morgan fingerprint density at radius 1 is 1.33 bits per heavy atom. The van der Waals surface area contributed by atoms with Gasteiger partial charge in [-0.2, -0.15) is 16.8 Å². The number of carbonyl (C=O) groups excluding carboxylic acids is 1. The molecule has 4 nitrogen and oxygen atoms in total. The molecule has 1 amide bonds.